The molecule has 2 rings (SSSR count). The van der Waals surface area contributed by atoms with E-state index < -0.39 is 0 Å². The lowest BCUT2D eigenvalue weighted by molar-refractivity contribution is 0.403. The molecular weight excluding hydrogens is 250 g/mol. The minimum atomic E-state index is 0.110. The fraction of sp³-hybridized carbons (Fsp3) is 0.438. The zero-order valence-electron chi connectivity index (χ0n) is 12.7. The smallest absolute Gasteiger partial charge is 0.124 e. The molecule has 0 spiro atoms. The summed E-state index contributed by atoms with van der Waals surface area (Å²) in [4.78, 5) is 0. The second kappa shape index (κ2) is 6.57. The Kier molecular flexibility index (Phi) is 4.79. The van der Waals surface area contributed by atoms with Crippen molar-refractivity contribution in [1.82, 2.24) is 15.1 Å². The van der Waals surface area contributed by atoms with Crippen molar-refractivity contribution in [3.05, 3.63) is 47.3 Å². The maximum absolute atomic E-state index is 5.52. The second-order valence-electron chi connectivity index (χ2n) is 5.08. The van der Waals surface area contributed by atoms with E-state index in [1.807, 2.05) is 24.0 Å². The Morgan fingerprint density at radius 3 is 2.80 bits per heavy atom. The van der Waals surface area contributed by atoms with Gasteiger partial charge in [0, 0.05) is 24.4 Å². The number of methoxy groups -OCH3 is 1. The van der Waals surface area contributed by atoms with Crippen LogP contribution in [0.4, 0.5) is 0 Å². The van der Waals surface area contributed by atoms with Gasteiger partial charge < -0.3 is 10.1 Å². The second-order valence-corrected chi connectivity index (χ2v) is 5.08. The van der Waals surface area contributed by atoms with Crippen LogP contribution in [0, 0.1) is 6.92 Å². The molecule has 0 bridgehead atoms. The van der Waals surface area contributed by atoms with Crippen molar-refractivity contribution >= 4 is 0 Å². The molecule has 0 saturated heterocycles. The van der Waals surface area contributed by atoms with Gasteiger partial charge in [-0.05, 0) is 26.0 Å². The Labute approximate surface area is 120 Å². The predicted molar refractivity (Wildman–Crippen MR) is 81.1 cm³/mol. The molecule has 4 heteroatoms. The number of rotatable bonds is 6. The largest absolute Gasteiger partial charge is 0.496 e. The van der Waals surface area contributed by atoms with E-state index in [2.05, 4.69) is 42.6 Å². The molecule has 0 fully saturated rings. The summed E-state index contributed by atoms with van der Waals surface area (Å²) in [5.41, 5.74) is 3.55. The highest BCUT2D eigenvalue weighted by molar-refractivity contribution is 5.43. The lowest BCUT2D eigenvalue weighted by atomic mass is 9.98. The number of aromatic nitrogens is 2. The normalized spacial score (nSPS) is 12.4. The summed E-state index contributed by atoms with van der Waals surface area (Å²) >= 11 is 0. The number of nitrogens with zero attached hydrogens (tertiary/aromatic N) is 2. The number of hydrogen-bond acceptors (Lipinski definition) is 3. The quantitative estimate of drug-likeness (QED) is 0.879. The molecule has 0 saturated carbocycles. The van der Waals surface area contributed by atoms with Gasteiger partial charge >= 0.3 is 0 Å². The number of hydrogen-bond donors (Lipinski definition) is 1. The highest BCUT2D eigenvalue weighted by Gasteiger charge is 2.19. The maximum atomic E-state index is 5.52. The number of aryl methyl sites for hydroxylation is 2. The van der Waals surface area contributed by atoms with Crippen LogP contribution in [-0.2, 0) is 7.05 Å². The van der Waals surface area contributed by atoms with Gasteiger partial charge in [-0.1, -0.05) is 24.6 Å². The first kappa shape index (κ1) is 14.6. The molecule has 4 nitrogen and oxygen atoms in total. The van der Waals surface area contributed by atoms with Crippen molar-refractivity contribution < 1.29 is 4.74 Å². The van der Waals surface area contributed by atoms with Crippen LogP contribution in [0.1, 0.15) is 36.1 Å². The summed E-state index contributed by atoms with van der Waals surface area (Å²) in [6.45, 7) is 5.22. The van der Waals surface area contributed by atoms with Gasteiger partial charge in [0.05, 0.1) is 19.3 Å². The molecule has 0 aliphatic heterocycles. The van der Waals surface area contributed by atoms with Gasteiger partial charge in [0.25, 0.3) is 0 Å². The monoisotopic (exact) mass is 273 g/mol. The molecular formula is C16H23N3O. The summed E-state index contributed by atoms with van der Waals surface area (Å²) in [6.07, 6.45) is 5.05. The van der Waals surface area contributed by atoms with Gasteiger partial charge in [0.2, 0.25) is 0 Å². The SMILES string of the molecule is CCCNC(c1cnn(C)c1)c1cc(C)ccc1OC. The van der Waals surface area contributed by atoms with Gasteiger partial charge in [-0.25, -0.2) is 0 Å². The molecule has 0 amide bonds. The summed E-state index contributed by atoms with van der Waals surface area (Å²) < 4.78 is 7.35. The lowest BCUT2D eigenvalue weighted by Crippen LogP contribution is -2.23. The van der Waals surface area contributed by atoms with Gasteiger partial charge in [-0.2, -0.15) is 5.10 Å². The van der Waals surface area contributed by atoms with E-state index in [-0.39, 0.29) is 6.04 Å². The van der Waals surface area contributed by atoms with E-state index in [1.165, 1.54) is 5.56 Å². The molecule has 1 heterocycles. The third-order valence-electron chi connectivity index (χ3n) is 3.35. The van der Waals surface area contributed by atoms with Crippen LogP contribution in [0.15, 0.2) is 30.6 Å². The van der Waals surface area contributed by atoms with Crippen LogP contribution in [0.25, 0.3) is 0 Å². The molecule has 0 aliphatic rings. The van der Waals surface area contributed by atoms with Gasteiger partial charge in [-0.15, -0.1) is 0 Å². The summed E-state index contributed by atoms with van der Waals surface area (Å²) in [5, 5.41) is 7.87. The summed E-state index contributed by atoms with van der Waals surface area (Å²) in [6, 6.07) is 6.39. The van der Waals surface area contributed by atoms with Crippen molar-refractivity contribution in [3.63, 3.8) is 0 Å². The number of nitrogens with one attached hydrogen (secondary N) is 1. The van der Waals surface area contributed by atoms with Crippen LogP contribution in [0.3, 0.4) is 0 Å². The van der Waals surface area contributed by atoms with E-state index in [1.54, 1.807) is 7.11 Å². The molecule has 0 aliphatic carbocycles. The third kappa shape index (κ3) is 3.20. The topological polar surface area (TPSA) is 39.1 Å². The number of ether oxygens (including phenoxy) is 1. The van der Waals surface area contributed by atoms with Crippen LogP contribution in [-0.4, -0.2) is 23.4 Å². The maximum Gasteiger partial charge on any atom is 0.124 e. The van der Waals surface area contributed by atoms with Crippen LogP contribution in [0.2, 0.25) is 0 Å². The first-order valence-electron chi connectivity index (χ1n) is 7.02. The molecule has 1 aromatic carbocycles. The molecule has 0 radical (unpaired) electrons. The molecule has 1 N–H and O–H groups in total. The van der Waals surface area contributed by atoms with E-state index in [4.69, 9.17) is 4.74 Å². The van der Waals surface area contributed by atoms with Crippen LogP contribution < -0.4 is 10.1 Å². The van der Waals surface area contributed by atoms with Gasteiger partial charge in [0.1, 0.15) is 5.75 Å². The zero-order valence-corrected chi connectivity index (χ0v) is 12.7. The minimum absolute atomic E-state index is 0.110. The van der Waals surface area contributed by atoms with Crippen LogP contribution in [0.5, 0.6) is 5.75 Å². The molecule has 20 heavy (non-hydrogen) atoms. The van der Waals surface area contributed by atoms with Crippen LogP contribution >= 0.6 is 0 Å². The van der Waals surface area contributed by atoms with E-state index in [0.717, 1.165) is 29.8 Å². The zero-order chi connectivity index (χ0) is 14.5. The highest BCUT2D eigenvalue weighted by atomic mass is 16.5. The lowest BCUT2D eigenvalue weighted by Gasteiger charge is -2.20. The standard InChI is InChI=1S/C16H23N3O/c1-5-8-17-16(13-10-18-19(3)11-13)14-9-12(2)6-7-15(14)20-4/h6-7,9-11,16-17H,5,8H2,1-4H3. The van der Waals surface area contributed by atoms with Gasteiger partial charge in [-0.3, -0.25) is 4.68 Å². The van der Waals surface area contributed by atoms with Crippen molar-refractivity contribution in [3.8, 4) is 5.75 Å². The molecule has 1 unspecified atom stereocenters. The van der Waals surface area contributed by atoms with E-state index in [9.17, 15) is 0 Å². The Hall–Kier alpha value is -1.81. The highest BCUT2D eigenvalue weighted by Crippen LogP contribution is 2.30. The van der Waals surface area contributed by atoms with Crippen molar-refractivity contribution in [2.45, 2.75) is 26.3 Å². The summed E-state index contributed by atoms with van der Waals surface area (Å²) in [5.74, 6) is 0.910. The Morgan fingerprint density at radius 2 is 2.20 bits per heavy atom. The average Bonchev–Trinajstić information content (AvgIpc) is 2.86. The molecule has 1 atom stereocenters. The van der Waals surface area contributed by atoms with E-state index >= 15 is 0 Å². The summed E-state index contributed by atoms with van der Waals surface area (Å²) in [7, 11) is 3.65. The Bertz CT molecular complexity index is 563. The third-order valence-corrected chi connectivity index (χ3v) is 3.35. The van der Waals surface area contributed by atoms with Crippen molar-refractivity contribution in [1.29, 1.82) is 0 Å². The average molecular weight is 273 g/mol. The van der Waals surface area contributed by atoms with E-state index in [0.29, 0.717) is 0 Å². The Balaban J connectivity index is 2.42. The molecule has 2 aromatic rings. The Morgan fingerprint density at radius 1 is 1.40 bits per heavy atom. The van der Waals surface area contributed by atoms with Crippen molar-refractivity contribution in [2.75, 3.05) is 13.7 Å². The van der Waals surface area contributed by atoms with Crippen molar-refractivity contribution in [2.24, 2.45) is 7.05 Å². The molecule has 1 aromatic heterocycles. The minimum Gasteiger partial charge on any atom is -0.496 e. The fourth-order valence-corrected chi connectivity index (χ4v) is 2.36. The molecule has 108 valence electrons. The fourth-order valence-electron chi connectivity index (χ4n) is 2.36. The number of benzene rings is 1. The first-order chi connectivity index (χ1) is 9.65. The first-order valence-corrected chi connectivity index (χ1v) is 7.02. The van der Waals surface area contributed by atoms with Gasteiger partial charge in [0.15, 0.2) is 0 Å². The predicted octanol–water partition coefficient (Wildman–Crippen LogP) is 2.83.